The van der Waals surface area contributed by atoms with Crippen LogP contribution < -0.4 is 5.32 Å². The number of hydrogen-bond donors (Lipinski definition) is 1. The molecule has 0 aromatic carbocycles. The second-order valence-corrected chi connectivity index (χ2v) is 4.10. The largest absolute Gasteiger partial charge is 0.379 e. The summed E-state index contributed by atoms with van der Waals surface area (Å²) in [4.78, 5) is 2.40. The Hall–Kier alpha value is -0.160. The van der Waals surface area contributed by atoms with Crippen molar-refractivity contribution in [2.24, 2.45) is 0 Å². The molecule has 0 atom stereocenters. The average Bonchev–Trinajstić information content (AvgIpc) is 2.18. The molecule has 0 aromatic heterocycles. The number of ether oxygens (including phenoxy) is 2. The maximum absolute atomic E-state index is 5.54. The highest BCUT2D eigenvalue weighted by molar-refractivity contribution is 4.62. The van der Waals surface area contributed by atoms with Gasteiger partial charge in [-0.25, -0.2) is 0 Å². The van der Waals surface area contributed by atoms with Crippen LogP contribution in [0.3, 0.4) is 0 Å². The van der Waals surface area contributed by atoms with Crippen LogP contribution in [0.5, 0.6) is 0 Å². The van der Waals surface area contributed by atoms with Gasteiger partial charge in [0.15, 0.2) is 0 Å². The minimum Gasteiger partial charge on any atom is -0.379 e. The molecule has 0 saturated carbocycles. The first-order chi connectivity index (χ1) is 7.30. The summed E-state index contributed by atoms with van der Waals surface area (Å²) in [6, 6.07) is 0.568. The normalized spacial score (nSPS) is 23.4. The molecule has 1 aliphatic heterocycles. The molecule has 1 saturated heterocycles. The van der Waals surface area contributed by atoms with Gasteiger partial charge in [0.25, 0.3) is 0 Å². The summed E-state index contributed by atoms with van der Waals surface area (Å²) in [5.74, 6) is 0. The van der Waals surface area contributed by atoms with Crippen molar-refractivity contribution < 1.29 is 9.47 Å². The van der Waals surface area contributed by atoms with Gasteiger partial charge in [0.2, 0.25) is 0 Å². The maximum atomic E-state index is 5.54. The molecule has 0 amide bonds. The van der Waals surface area contributed by atoms with Gasteiger partial charge in [0.05, 0.1) is 26.4 Å². The van der Waals surface area contributed by atoms with Crippen molar-refractivity contribution in [2.75, 3.05) is 52.6 Å². The van der Waals surface area contributed by atoms with E-state index in [1.807, 2.05) is 0 Å². The predicted octanol–water partition coefficient (Wildman–Crippen LogP) is 0.333. The van der Waals surface area contributed by atoms with E-state index in [4.69, 9.17) is 9.47 Å². The molecule has 90 valence electrons. The Kier molecular flexibility index (Phi) is 6.92. The molecular weight excluding hydrogens is 192 g/mol. The van der Waals surface area contributed by atoms with Gasteiger partial charge < -0.3 is 14.8 Å². The van der Waals surface area contributed by atoms with Crippen LogP contribution >= 0.6 is 0 Å². The van der Waals surface area contributed by atoms with Gasteiger partial charge in [-0.05, 0) is 13.8 Å². The Morgan fingerprint density at radius 1 is 0.933 bits per heavy atom. The lowest BCUT2D eigenvalue weighted by Gasteiger charge is -2.26. The van der Waals surface area contributed by atoms with Gasteiger partial charge in [-0.2, -0.15) is 0 Å². The van der Waals surface area contributed by atoms with Crippen molar-refractivity contribution in [1.82, 2.24) is 10.2 Å². The number of hydrogen-bond acceptors (Lipinski definition) is 4. The molecule has 1 fully saturated rings. The van der Waals surface area contributed by atoms with Crippen molar-refractivity contribution in [3.05, 3.63) is 0 Å². The van der Waals surface area contributed by atoms with Crippen LogP contribution in [-0.4, -0.2) is 63.5 Å². The third-order valence-corrected chi connectivity index (χ3v) is 2.62. The number of rotatable bonds is 1. The second-order valence-electron chi connectivity index (χ2n) is 4.10. The van der Waals surface area contributed by atoms with Crippen molar-refractivity contribution in [1.29, 1.82) is 0 Å². The highest BCUT2D eigenvalue weighted by atomic mass is 16.5. The fraction of sp³-hybridized carbons (Fsp3) is 1.00. The van der Waals surface area contributed by atoms with Gasteiger partial charge in [0, 0.05) is 32.2 Å². The molecule has 0 aliphatic carbocycles. The van der Waals surface area contributed by atoms with E-state index in [0.29, 0.717) is 6.04 Å². The van der Waals surface area contributed by atoms with E-state index in [1.54, 1.807) is 0 Å². The Balaban J connectivity index is 2.25. The SMILES string of the molecule is CC(C)N1CCOCCNCCOCC1. The lowest BCUT2D eigenvalue weighted by atomic mass is 10.3. The monoisotopic (exact) mass is 216 g/mol. The molecule has 4 nitrogen and oxygen atoms in total. The first-order valence-corrected chi connectivity index (χ1v) is 5.91. The molecule has 1 rings (SSSR count). The summed E-state index contributed by atoms with van der Waals surface area (Å²) in [5.41, 5.74) is 0. The van der Waals surface area contributed by atoms with Crippen LogP contribution in [0, 0.1) is 0 Å². The molecule has 0 aromatic rings. The Labute approximate surface area is 92.9 Å². The Morgan fingerprint density at radius 2 is 1.47 bits per heavy atom. The van der Waals surface area contributed by atoms with E-state index in [-0.39, 0.29) is 0 Å². The number of nitrogens with one attached hydrogen (secondary N) is 1. The zero-order valence-electron chi connectivity index (χ0n) is 10.00. The standard InChI is InChI=1S/C11H24N2O2/c1-11(2)13-5-9-14-7-3-12-4-8-15-10-6-13/h11-12H,3-10H2,1-2H3. The quantitative estimate of drug-likeness (QED) is 0.685. The van der Waals surface area contributed by atoms with Crippen LogP contribution in [0.2, 0.25) is 0 Å². The van der Waals surface area contributed by atoms with E-state index in [0.717, 1.165) is 52.6 Å². The van der Waals surface area contributed by atoms with Crippen molar-refractivity contribution in [3.8, 4) is 0 Å². The van der Waals surface area contributed by atoms with Gasteiger partial charge in [-0.1, -0.05) is 0 Å². The van der Waals surface area contributed by atoms with E-state index in [9.17, 15) is 0 Å². The summed E-state index contributed by atoms with van der Waals surface area (Å²) < 4.78 is 11.1. The molecule has 0 radical (unpaired) electrons. The Bertz CT molecular complexity index is 142. The fourth-order valence-electron chi connectivity index (χ4n) is 1.61. The summed E-state index contributed by atoms with van der Waals surface area (Å²) >= 11 is 0. The van der Waals surface area contributed by atoms with Crippen LogP contribution in [-0.2, 0) is 9.47 Å². The lowest BCUT2D eigenvalue weighted by Crippen LogP contribution is -2.38. The lowest BCUT2D eigenvalue weighted by molar-refractivity contribution is 0.0556. The van der Waals surface area contributed by atoms with E-state index >= 15 is 0 Å². The third-order valence-electron chi connectivity index (χ3n) is 2.62. The Morgan fingerprint density at radius 3 is 1.93 bits per heavy atom. The van der Waals surface area contributed by atoms with Crippen LogP contribution in [0.15, 0.2) is 0 Å². The molecular formula is C11H24N2O2. The summed E-state index contributed by atoms with van der Waals surface area (Å²) in [7, 11) is 0. The van der Waals surface area contributed by atoms with E-state index in [2.05, 4.69) is 24.1 Å². The minimum atomic E-state index is 0.568. The zero-order valence-corrected chi connectivity index (χ0v) is 10.00. The molecule has 0 spiro atoms. The third kappa shape index (κ3) is 6.10. The van der Waals surface area contributed by atoms with Crippen LogP contribution in [0.25, 0.3) is 0 Å². The molecule has 1 aliphatic rings. The van der Waals surface area contributed by atoms with Gasteiger partial charge in [-0.15, -0.1) is 0 Å². The maximum Gasteiger partial charge on any atom is 0.0594 e. The van der Waals surface area contributed by atoms with Crippen molar-refractivity contribution >= 4 is 0 Å². The first kappa shape index (κ1) is 12.9. The number of nitrogens with zero attached hydrogens (tertiary/aromatic N) is 1. The highest BCUT2D eigenvalue weighted by Crippen LogP contribution is 1.98. The molecule has 0 unspecified atom stereocenters. The van der Waals surface area contributed by atoms with E-state index < -0.39 is 0 Å². The zero-order chi connectivity index (χ0) is 10.9. The topological polar surface area (TPSA) is 33.7 Å². The van der Waals surface area contributed by atoms with Crippen molar-refractivity contribution in [2.45, 2.75) is 19.9 Å². The average molecular weight is 216 g/mol. The second kappa shape index (κ2) is 8.05. The van der Waals surface area contributed by atoms with Crippen LogP contribution in [0.1, 0.15) is 13.8 Å². The summed E-state index contributed by atoms with van der Waals surface area (Å²) in [6.07, 6.45) is 0. The minimum absolute atomic E-state index is 0.568. The molecule has 1 N–H and O–H groups in total. The van der Waals surface area contributed by atoms with Gasteiger partial charge in [0.1, 0.15) is 0 Å². The first-order valence-electron chi connectivity index (χ1n) is 5.91. The molecule has 0 bridgehead atoms. The summed E-state index contributed by atoms with van der Waals surface area (Å²) in [6.45, 7) is 11.5. The molecule has 1 heterocycles. The van der Waals surface area contributed by atoms with Gasteiger partial charge >= 0.3 is 0 Å². The summed E-state index contributed by atoms with van der Waals surface area (Å²) in [5, 5.41) is 3.27. The predicted molar refractivity (Wildman–Crippen MR) is 61.2 cm³/mol. The highest BCUT2D eigenvalue weighted by Gasteiger charge is 2.09. The van der Waals surface area contributed by atoms with Crippen LogP contribution in [0.4, 0.5) is 0 Å². The fourth-order valence-corrected chi connectivity index (χ4v) is 1.61. The van der Waals surface area contributed by atoms with E-state index in [1.165, 1.54) is 0 Å². The smallest absolute Gasteiger partial charge is 0.0594 e. The van der Waals surface area contributed by atoms with Gasteiger partial charge in [-0.3, -0.25) is 4.90 Å². The molecule has 15 heavy (non-hydrogen) atoms. The molecule has 4 heteroatoms. The van der Waals surface area contributed by atoms with Crippen molar-refractivity contribution in [3.63, 3.8) is 0 Å².